The Bertz CT molecular complexity index is 1180. The number of hydrogen-bond donors (Lipinski definition) is 1. The second-order valence-corrected chi connectivity index (χ2v) is 9.67. The molecule has 1 fully saturated rings. The maximum atomic E-state index is 13.3. The molecular weight excluding hydrogens is 462 g/mol. The summed E-state index contributed by atoms with van der Waals surface area (Å²) in [7, 11) is 3.05. The van der Waals surface area contributed by atoms with Crippen molar-refractivity contribution in [2.45, 2.75) is 45.6 Å². The van der Waals surface area contributed by atoms with E-state index in [0.717, 1.165) is 5.56 Å². The van der Waals surface area contributed by atoms with Gasteiger partial charge in [0.2, 0.25) is 0 Å². The third-order valence-electron chi connectivity index (χ3n) is 6.07. The van der Waals surface area contributed by atoms with E-state index in [1.54, 1.807) is 43.5 Å². The number of nitrogens with zero attached hydrogens (tertiary/aromatic N) is 1. The molecule has 0 saturated carbocycles. The fourth-order valence-electron chi connectivity index (χ4n) is 4.23. The first-order chi connectivity index (χ1) is 17.0. The lowest BCUT2D eigenvalue weighted by Gasteiger charge is -2.26. The number of carbonyl (C=O) groups excluding carboxylic acids is 3. The average Bonchev–Trinajstić information content (AvgIpc) is 3.08. The topological polar surface area (TPSA) is 102 Å². The predicted octanol–water partition coefficient (Wildman–Crippen LogP) is 4.38. The van der Waals surface area contributed by atoms with Crippen LogP contribution < -0.4 is 9.47 Å². The maximum Gasteiger partial charge on any atom is 0.308 e. The number of amides is 1. The zero-order valence-corrected chi connectivity index (χ0v) is 21.6. The minimum absolute atomic E-state index is 0.0259. The van der Waals surface area contributed by atoms with Crippen molar-refractivity contribution in [1.29, 1.82) is 0 Å². The molecule has 8 nitrogen and oxygen atoms in total. The third kappa shape index (κ3) is 5.60. The summed E-state index contributed by atoms with van der Waals surface area (Å²) >= 11 is 0. The van der Waals surface area contributed by atoms with E-state index in [1.165, 1.54) is 18.9 Å². The molecule has 0 radical (unpaired) electrons. The van der Waals surface area contributed by atoms with Crippen molar-refractivity contribution in [3.8, 4) is 11.5 Å². The molecule has 2 aromatic rings. The van der Waals surface area contributed by atoms with E-state index in [2.05, 4.69) is 0 Å². The number of benzene rings is 2. The van der Waals surface area contributed by atoms with Gasteiger partial charge in [0.05, 0.1) is 24.3 Å². The molecule has 1 N–H and O–H groups in total. The van der Waals surface area contributed by atoms with Crippen LogP contribution in [-0.2, 0) is 24.5 Å². The van der Waals surface area contributed by atoms with Crippen LogP contribution in [0.4, 0.5) is 0 Å². The first-order valence-electron chi connectivity index (χ1n) is 11.7. The Hall–Kier alpha value is -3.65. The van der Waals surface area contributed by atoms with Crippen molar-refractivity contribution in [1.82, 2.24) is 4.90 Å². The van der Waals surface area contributed by atoms with Crippen LogP contribution in [0.3, 0.4) is 0 Å². The molecule has 1 aliphatic rings. The summed E-state index contributed by atoms with van der Waals surface area (Å²) in [4.78, 5) is 39.2. The molecule has 1 atom stereocenters. The van der Waals surface area contributed by atoms with Gasteiger partial charge in [-0.25, -0.2) is 0 Å². The number of esters is 1. The molecule has 3 rings (SSSR count). The van der Waals surface area contributed by atoms with Crippen LogP contribution in [0.15, 0.2) is 48.0 Å². The lowest BCUT2D eigenvalue weighted by atomic mass is 9.85. The van der Waals surface area contributed by atoms with Gasteiger partial charge in [0, 0.05) is 27.2 Å². The standard InChI is InChI=1S/C28H33NO7/c1-17(30)36-20-11-8-18(9-12-20)24-23(26(32)27(33)29(24)14-7-15-34-5)25(31)21-16-19(28(2,3)4)10-13-22(21)35-6/h8-13,16,24,31H,7,14-15H2,1-6H3/b25-23+. The molecular formula is C28H33NO7. The van der Waals surface area contributed by atoms with Gasteiger partial charge >= 0.3 is 5.97 Å². The number of aliphatic hydroxyl groups is 1. The minimum atomic E-state index is -0.837. The number of methoxy groups -OCH3 is 2. The smallest absolute Gasteiger partial charge is 0.308 e. The average molecular weight is 496 g/mol. The predicted molar refractivity (Wildman–Crippen MR) is 135 cm³/mol. The van der Waals surface area contributed by atoms with E-state index in [9.17, 15) is 19.5 Å². The van der Waals surface area contributed by atoms with Crippen LogP contribution in [-0.4, -0.2) is 55.0 Å². The summed E-state index contributed by atoms with van der Waals surface area (Å²) in [6.45, 7) is 8.08. The van der Waals surface area contributed by atoms with Crippen molar-refractivity contribution in [3.63, 3.8) is 0 Å². The number of Topliss-reactive ketones (excluding diaryl/α,β-unsaturated/α-hetero) is 1. The summed E-state index contributed by atoms with van der Waals surface area (Å²) in [5.74, 6) is -1.52. The molecule has 0 aromatic heterocycles. The zero-order valence-electron chi connectivity index (χ0n) is 21.6. The fraction of sp³-hybridized carbons (Fsp3) is 0.393. The number of hydrogen-bond acceptors (Lipinski definition) is 7. The molecule has 0 spiro atoms. The highest BCUT2D eigenvalue weighted by atomic mass is 16.5. The van der Waals surface area contributed by atoms with Gasteiger partial charge in [0.15, 0.2) is 0 Å². The normalized spacial score (nSPS) is 17.4. The molecule has 36 heavy (non-hydrogen) atoms. The Labute approximate surface area is 211 Å². The minimum Gasteiger partial charge on any atom is -0.507 e. The largest absolute Gasteiger partial charge is 0.507 e. The van der Waals surface area contributed by atoms with Gasteiger partial charge in [-0.15, -0.1) is 0 Å². The molecule has 1 aliphatic heterocycles. The second kappa shape index (κ2) is 11.0. The van der Waals surface area contributed by atoms with Crippen LogP contribution in [0.25, 0.3) is 5.76 Å². The van der Waals surface area contributed by atoms with Crippen LogP contribution in [0.5, 0.6) is 11.5 Å². The van der Waals surface area contributed by atoms with E-state index < -0.39 is 23.7 Å². The zero-order chi connectivity index (χ0) is 26.6. The summed E-state index contributed by atoms with van der Waals surface area (Å²) in [6.07, 6.45) is 0.508. The van der Waals surface area contributed by atoms with Crippen molar-refractivity contribution >= 4 is 23.4 Å². The molecule has 1 saturated heterocycles. The summed E-state index contributed by atoms with van der Waals surface area (Å²) < 4.78 is 15.7. The molecule has 192 valence electrons. The van der Waals surface area contributed by atoms with Crippen LogP contribution in [0.1, 0.15) is 56.8 Å². The molecule has 1 heterocycles. The van der Waals surface area contributed by atoms with Gasteiger partial charge in [0.25, 0.3) is 11.7 Å². The van der Waals surface area contributed by atoms with E-state index in [0.29, 0.717) is 35.7 Å². The molecule has 8 heteroatoms. The van der Waals surface area contributed by atoms with E-state index >= 15 is 0 Å². The van der Waals surface area contributed by atoms with Gasteiger partial charge in [0.1, 0.15) is 17.3 Å². The Morgan fingerprint density at radius 3 is 2.28 bits per heavy atom. The number of ether oxygens (including phenoxy) is 3. The Balaban J connectivity index is 2.19. The van der Waals surface area contributed by atoms with Crippen LogP contribution >= 0.6 is 0 Å². The van der Waals surface area contributed by atoms with E-state index in [4.69, 9.17) is 14.2 Å². The van der Waals surface area contributed by atoms with Crippen LogP contribution in [0, 0.1) is 0 Å². The van der Waals surface area contributed by atoms with Crippen LogP contribution in [0.2, 0.25) is 0 Å². The highest BCUT2D eigenvalue weighted by Gasteiger charge is 2.46. The van der Waals surface area contributed by atoms with E-state index in [-0.39, 0.29) is 23.3 Å². The third-order valence-corrected chi connectivity index (χ3v) is 6.07. The van der Waals surface area contributed by atoms with Gasteiger partial charge in [-0.2, -0.15) is 0 Å². The number of likely N-dealkylation sites (tertiary alicyclic amines) is 1. The lowest BCUT2D eigenvalue weighted by molar-refractivity contribution is -0.140. The van der Waals surface area contributed by atoms with Crippen molar-refractivity contribution in [3.05, 3.63) is 64.7 Å². The van der Waals surface area contributed by atoms with Gasteiger partial charge in [-0.05, 0) is 47.2 Å². The monoisotopic (exact) mass is 495 g/mol. The Kier molecular flexibility index (Phi) is 8.20. The summed E-state index contributed by atoms with van der Waals surface area (Å²) in [5.41, 5.74) is 1.61. The van der Waals surface area contributed by atoms with Crippen molar-refractivity contribution in [2.75, 3.05) is 27.4 Å². The SMILES string of the molecule is COCCCN1C(=O)C(=O)/C(=C(/O)c2cc(C(C)(C)C)ccc2OC)C1c1ccc(OC(C)=O)cc1. The molecule has 0 bridgehead atoms. The summed E-state index contributed by atoms with van der Waals surface area (Å²) in [6, 6.07) is 11.1. The highest BCUT2D eigenvalue weighted by molar-refractivity contribution is 6.46. The fourth-order valence-corrected chi connectivity index (χ4v) is 4.23. The number of carbonyl (C=O) groups is 3. The second-order valence-electron chi connectivity index (χ2n) is 9.67. The highest BCUT2D eigenvalue weighted by Crippen LogP contribution is 2.42. The first-order valence-corrected chi connectivity index (χ1v) is 11.7. The summed E-state index contributed by atoms with van der Waals surface area (Å²) in [5, 5.41) is 11.5. The molecule has 2 aromatic carbocycles. The van der Waals surface area contributed by atoms with E-state index in [1.807, 2.05) is 26.8 Å². The number of rotatable bonds is 8. The Morgan fingerprint density at radius 2 is 1.72 bits per heavy atom. The van der Waals surface area contributed by atoms with Crippen molar-refractivity contribution in [2.24, 2.45) is 0 Å². The molecule has 0 aliphatic carbocycles. The maximum absolute atomic E-state index is 13.3. The van der Waals surface area contributed by atoms with Gasteiger partial charge in [-0.1, -0.05) is 39.0 Å². The molecule has 1 amide bonds. The quantitative estimate of drug-likeness (QED) is 0.145. The lowest BCUT2D eigenvalue weighted by Crippen LogP contribution is -2.31. The molecule has 1 unspecified atom stereocenters. The first kappa shape index (κ1) is 26.9. The van der Waals surface area contributed by atoms with Crippen molar-refractivity contribution < 1.29 is 33.7 Å². The Morgan fingerprint density at radius 1 is 1.06 bits per heavy atom. The number of aliphatic hydroxyl groups excluding tert-OH is 1. The number of ketones is 1. The van der Waals surface area contributed by atoms with Gasteiger partial charge in [-0.3, -0.25) is 14.4 Å². The van der Waals surface area contributed by atoms with Gasteiger partial charge < -0.3 is 24.2 Å².